The Labute approximate surface area is 183 Å². The maximum Gasteiger partial charge on any atom is 0.410 e. The molecule has 1 saturated heterocycles. The third kappa shape index (κ3) is 5.82. The molecule has 2 aliphatic rings. The van der Waals surface area contributed by atoms with E-state index in [9.17, 15) is 13.2 Å². The Morgan fingerprint density at radius 2 is 1.90 bits per heavy atom. The van der Waals surface area contributed by atoms with Crippen molar-refractivity contribution < 1.29 is 36.3 Å². The Kier molecular flexibility index (Phi) is 6.43. The van der Waals surface area contributed by atoms with Crippen LogP contribution >= 0.6 is 0 Å². The van der Waals surface area contributed by atoms with Gasteiger partial charge in [-0.1, -0.05) is 6.07 Å². The summed E-state index contributed by atoms with van der Waals surface area (Å²) in [5.41, 5.74) is -0.988. The minimum atomic E-state index is -3.80. The molecular weight excluding hydrogens is 426 g/mol. The lowest BCUT2D eigenvalue weighted by Crippen LogP contribution is -2.50. The van der Waals surface area contributed by atoms with Gasteiger partial charge in [0.25, 0.3) is 0 Å². The summed E-state index contributed by atoms with van der Waals surface area (Å²) in [6.07, 6.45) is 3.17. The maximum atomic E-state index is 12.4. The first-order valence-electron chi connectivity index (χ1n) is 9.96. The highest BCUT2D eigenvalue weighted by Crippen LogP contribution is 2.45. The van der Waals surface area contributed by atoms with Crippen molar-refractivity contribution >= 4 is 22.0 Å². The van der Waals surface area contributed by atoms with Crippen LogP contribution in [-0.4, -0.2) is 63.9 Å². The summed E-state index contributed by atoms with van der Waals surface area (Å²) < 4.78 is 51.5. The fraction of sp³-hybridized carbons (Fsp3) is 0.571. The molecule has 1 aromatic carbocycles. The van der Waals surface area contributed by atoms with Crippen LogP contribution in [0.1, 0.15) is 39.2 Å². The molecule has 2 heterocycles. The molecule has 0 N–H and O–H groups in total. The van der Waals surface area contributed by atoms with Gasteiger partial charge in [-0.2, -0.15) is 8.42 Å². The van der Waals surface area contributed by atoms with E-state index in [1.807, 2.05) is 20.8 Å². The van der Waals surface area contributed by atoms with Gasteiger partial charge in [0.1, 0.15) is 28.3 Å². The number of hydrogen-bond donors (Lipinski definition) is 0. The highest BCUT2D eigenvalue weighted by atomic mass is 32.2. The predicted octanol–water partition coefficient (Wildman–Crippen LogP) is 3.15. The van der Waals surface area contributed by atoms with Crippen molar-refractivity contribution in [3.8, 4) is 11.5 Å². The fourth-order valence-corrected chi connectivity index (χ4v) is 3.97. The molecule has 3 rings (SSSR count). The van der Waals surface area contributed by atoms with Crippen LogP contribution in [0.25, 0.3) is 5.76 Å². The third-order valence-electron chi connectivity index (χ3n) is 4.78. The first kappa shape index (κ1) is 23.2. The van der Waals surface area contributed by atoms with E-state index in [1.165, 1.54) is 7.11 Å². The molecule has 0 aromatic heterocycles. The first-order valence-corrected chi connectivity index (χ1v) is 11.8. The molecule has 1 fully saturated rings. The zero-order chi connectivity index (χ0) is 22.9. The van der Waals surface area contributed by atoms with Crippen LogP contribution in [0.2, 0.25) is 0 Å². The highest BCUT2D eigenvalue weighted by Gasteiger charge is 2.42. The standard InChI is InChI=1S/C21H29NO8S/c1-20(2,3)29-19(23)22-11-9-21(10-12-22)13-17(30-31(5,24)25)18-15(27-14-26-4)7-6-8-16(18)28-21/h6-8,13H,9-12,14H2,1-5H3. The molecule has 172 valence electrons. The third-order valence-corrected chi connectivity index (χ3v) is 5.26. The number of likely N-dealkylation sites (tertiary alicyclic amines) is 1. The lowest BCUT2D eigenvalue weighted by molar-refractivity contribution is -0.00182. The number of amides is 1. The molecule has 1 spiro atoms. The molecule has 0 aliphatic carbocycles. The van der Waals surface area contributed by atoms with E-state index in [0.717, 1.165) is 6.26 Å². The van der Waals surface area contributed by atoms with Gasteiger partial charge in [-0.25, -0.2) is 4.79 Å². The van der Waals surface area contributed by atoms with E-state index in [4.69, 9.17) is 23.1 Å². The van der Waals surface area contributed by atoms with E-state index < -0.39 is 21.3 Å². The molecule has 10 heteroatoms. The fourth-order valence-electron chi connectivity index (χ4n) is 3.51. The summed E-state index contributed by atoms with van der Waals surface area (Å²) in [6.45, 7) is 6.23. The van der Waals surface area contributed by atoms with Crippen LogP contribution in [0, 0.1) is 0 Å². The number of methoxy groups -OCH3 is 1. The van der Waals surface area contributed by atoms with Crippen molar-refractivity contribution in [1.29, 1.82) is 0 Å². The Bertz CT molecular complexity index is 956. The Morgan fingerprint density at radius 1 is 1.23 bits per heavy atom. The molecule has 0 atom stereocenters. The summed E-state index contributed by atoms with van der Waals surface area (Å²) in [6, 6.07) is 5.16. The second-order valence-corrected chi connectivity index (χ2v) is 10.2. The SMILES string of the molecule is COCOc1cccc2c1C(OS(C)(=O)=O)=CC1(CCN(C(=O)OC(C)(C)C)CC1)O2. The summed E-state index contributed by atoms with van der Waals surface area (Å²) in [7, 11) is -2.31. The Balaban J connectivity index is 1.88. The summed E-state index contributed by atoms with van der Waals surface area (Å²) in [5.74, 6) is 0.969. The largest absolute Gasteiger partial charge is 0.482 e. The van der Waals surface area contributed by atoms with Crippen LogP contribution in [0.15, 0.2) is 24.3 Å². The lowest BCUT2D eigenvalue weighted by Gasteiger charge is -2.42. The van der Waals surface area contributed by atoms with Crippen LogP contribution < -0.4 is 9.47 Å². The molecule has 1 amide bonds. The average molecular weight is 456 g/mol. The van der Waals surface area contributed by atoms with Crippen LogP contribution in [0.3, 0.4) is 0 Å². The van der Waals surface area contributed by atoms with Crippen molar-refractivity contribution in [2.45, 2.75) is 44.8 Å². The Morgan fingerprint density at radius 3 is 2.48 bits per heavy atom. The van der Waals surface area contributed by atoms with Crippen molar-refractivity contribution in [2.75, 3.05) is 33.2 Å². The van der Waals surface area contributed by atoms with Crippen molar-refractivity contribution in [2.24, 2.45) is 0 Å². The molecule has 0 saturated carbocycles. The molecular formula is C21H29NO8S. The smallest absolute Gasteiger partial charge is 0.410 e. The van der Waals surface area contributed by atoms with Gasteiger partial charge >= 0.3 is 16.2 Å². The van der Waals surface area contributed by atoms with Gasteiger partial charge in [0, 0.05) is 39.1 Å². The monoisotopic (exact) mass is 455 g/mol. The van der Waals surface area contributed by atoms with E-state index >= 15 is 0 Å². The number of piperidine rings is 1. The molecule has 0 radical (unpaired) electrons. The highest BCUT2D eigenvalue weighted by molar-refractivity contribution is 7.86. The van der Waals surface area contributed by atoms with Gasteiger partial charge in [0.15, 0.2) is 12.6 Å². The normalized spacial score (nSPS) is 18.0. The minimum Gasteiger partial charge on any atom is -0.482 e. The number of nitrogens with zero attached hydrogens (tertiary/aromatic N) is 1. The number of carbonyl (C=O) groups is 1. The van der Waals surface area contributed by atoms with E-state index in [-0.39, 0.29) is 18.6 Å². The predicted molar refractivity (Wildman–Crippen MR) is 113 cm³/mol. The lowest BCUT2D eigenvalue weighted by atomic mass is 9.87. The van der Waals surface area contributed by atoms with Gasteiger partial charge < -0.3 is 28.0 Å². The second-order valence-electron chi connectivity index (χ2n) is 8.61. The molecule has 2 aliphatic heterocycles. The van der Waals surface area contributed by atoms with Crippen molar-refractivity contribution in [1.82, 2.24) is 4.90 Å². The first-order chi connectivity index (χ1) is 14.4. The zero-order valence-electron chi connectivity index (χ0n) is 18.5. The topological polar surface area (TPSA) is 101 Å². The minimum absolute atomic E-state index is 0.0153. The number of hydrogen-bond acceptors (Lipinski definition) is 8. The van der Waals surface area contributed by atoms with Gasteiger partial charge in [-0.3, -0.25) is 0 Å². The maximum absolute atomic E-state index is 12.4. The number of carbonyl (C=O) groups excluding carboxylic acids is 1. The number of fused-ring (bicyclic) bond motifs is 1. The van der Waals surface area contributed by atoms with E-state index in [2.05, 4.69) is 0 Å². The van der Waals surface area contributed by atoms with Crippen LogP contribution in [0.5, 0.6) is 11.5 Å². The van der Waals surface area contributed by atoms with Gasteiger partial charge in [0.05, 0.1) is 6.26 Å². The Hall–Kier alpha value is -2.46. The second kappa shape index (κ2) is 8.58. The number of rotatable bonds is 5. The number of benzene rings is 1. The molecule has 0 bridgehead atoms. The molecule has 31 heavy (non-hydrogen) atoms. The van der Waals surface area contributed by atoms with Gasteiger partial charge in [0.2, 0.25) is 0 Å². The number of ether oxygens (including phenoxy) is 4. The van der Waals surface area contributed by atoms with Crippen molar-refractivity contribution in [3.63, 3.8) is 0 Å². The average Bonchev–Trinajstić information content (AvgIpc) is 2.64. The van der Waals surface area contributed by atoms with E-state index in [1.54, 1.807) is 29.2 Å². The summed E-state index contributed by atoms with van der Waals surface area (Å²) in [4.78, 5) is 14.0. The zero-order valence-corrected chi connectivity index (χ0v) is 19.3. The summed E-state index contributed by atoms with van der Waals surface area (Å²) in [5, 5.41) is 0. The summed E-state index contributed by atoms with van der Waals surface area (Å²) >= 11 is 0. The van der Waals surface area contributed by atoms with Gasteiger partial charge in [-0.05, 0) is 32.9 Å². The van der Waals surface area contributed by atoms with Gasteiger partial charge in [-0.15, -0.1) is 0 Å². The molecule has 0 unspecified atom stereocenters. The molecule has 1 aromatic rings. The van der Waals surface area contributed by atoms with Crippen molar-refractivity contribution in [3.05, 3.63) is 29.8 Å². The van der Waals surface area contributed by atoms with E-state index in [0.29, 0.717) is 43.0 Å². The van der Waals surface area contributed by atoms with Crippen LogP contribution in [0.4, 0.5) is 4.79 Å². The molecule has 9 nitrogen and oxygen atoms in total. The quantitative estimate of drug-likeness (QED) is 0.493. The van der Waals surface area contributed by atoms with Crippen LogP contribution in [-0.2, 0) is 23.8 Å².